The molecule has 1 saturated heterocycles. The molecular weight excluding hydrogens is 276 g/mol. The van der Waals surface area contributed by atoms with Crippen LogP contribution in [0.15, 0.2) is 16.7 Å². The van der Waals surface area contributed by atoms with Gasteiger partial charge in [0.1, 0.15) is 18.1 Å². The highest BCUT2D eigenvalue weighted by Crippen LogP contribution is 2.15. The smallest absolute Gasteiger partial charge is 0.268 e. The van der Waals surface area contributed by atoms with Gasteiger partial charge in [-0.3, -0.25) is 19.9 Å². The number of likely N-dealkylation sites (N-methyl/N-ethyl adjacent to an activating group) is 1. The Labute approximate surface area is 122 Å². The van der Waals surface area contributed by atoms with Crippen LogP contribution in [-0.4, -0.2) is 49.1 Å². The number of furan rings is 1. The molecule has 21 heavy (non-hydrogen) atoms. The highest BCUT2D eigenvalue weighted by molar-refractivity contribution is 5.93. The molecule has 1 aliphatic heterocycles. The zero-order chi connectivity index (χ0) is 15.2. The van der Waals surface area contributed by atoms with Crippen LogP contribution < -0.4 is 16.6 Å². The summed E-state index contributed by atoms with van der Waals surface area (Å²) in [6.07, 6.45) is 1.35. The van der Waals surface area contributed by atoms with Crippen molar-refractivity contribution in [3.05, 3.63) is 23.7 Å². The molecule has 1 aromatic rings. The van der Waals surface area contributed by atoms with Gasteiger partial charge >= 0.3 is 0 Å². The van der Waals surface area contributed by atoms with E-state index in [1.165, 1.54) is 6.26 Å². The van der Waals surface area contributed by atoms with Gasteiger partial charge in [0.15, 0.2) is 0 Å². The lowest BCUT2D eigenvalue weighted by molar-refractivity contribution is -0.133. The molecular formula is C13H20N4O4. The summed E-state index contributed by atoms with van der Waals surface area (Å²) in [6, 6.07) is 1.27. The van der Waals surface area contributed by atoms with Crippen LogP contribution in [0.5, 0.6) is 0 Å². The van der Waals surface area contributed by atoms with Crippen LogP contribution in [0.1, 0.15) is 23.0 Å². The summed E-state index contributed by atoms with van der Waals surface area (Å²) in [7, 11) is 0. The van der Waals surface area contributed by atoms with Gasteiger partial charge in [-0.15, -0.1) is 0 Å². The van der Waals surface area contributed by atoms with Gasteiger partial charge in [0, 0.05) is 13.1 Å². The first-order valence-corrected chi connectivity index (χ1v) is 6.83. The van der Waals surface area contributed by atoms with Crippen LogP contribution in [0.4, 0.5) is 0 Å². The Hall–Kier alpha value is -1.90. The molecule has 0 radical (unpaired) electrons. The van der Waals surface area contributed by atoms with Gasteiger partial charge in [-0.2, -0.15) is 0 Å². The van der Waals surface area contributed by atoms with Crippen LogP contribution in [0.3, 0.4) is 0 Å². The van der Waals surface area contributed by atoms with E-state index in [2.05, 4.69) is 5.32 Å². The van der Waals surface area contributed by atoms with Crippen molar-refractivity contribution in [2.75, 3.05) is 26.3 Å². The number of nitrogens with two attached hydrogens (primary N) is 1. The first-order valence-electron chi connectivity index (χ1n) is 6.83. The van der Waals surface area contributed by atoms with Gasteiger partial charge in [0.25, 0.3) is 5.91 Å². The van der Waals surface area contributed by atoms with Gasteiger partial charge in [-0.05, 0) is 13.0 Å². The van der Waals surface area contributed by atoms with Gasteiger partial charge in [-0.1, -0.05) is 0 Å². The molecule has 2 heterocycles. The van der Waals surface area contributed by atoms with Crippen molar-refractivity contribution in [3.63, 3.8) is 0 Å². The summed E-state index contributed by atoms with van der Waals surface area (Å²) in [5.41, 5.74) is 2.40. The maximum atomic E-state index is 12.0. The van der Waals surface area contributed by atoms with Crippen molar-refractivity contribution in [1.82, 2.24) is 15.6 Å². The largest absolute Gasteiger partial charge is 0.467 e. The quantitative estimate of drug-likeness (QED) is 0.373. The molecule has 0 aromatic carbocycles. The number of nitrogen functional groups attached to an aromatic ring is 1. The van der Waals surface area contributed by atoms with E-state index in [-0.39, 0.29) is 11.9 Å². The maximum Gasteiger partial charge on any atom is 0.268 e. The monoisotopic (exact) mass is 296 g/mol. The third-order valence-corrected chi connectivity index (χ3v) is 3.30. The second kappa shape index (κ2) is 7.21. The fourth-order valence-corrected chi connectivity index (χ4v) is 2.23. The standard InChI is InChI=1S/C13H20N4O4/c1-2-15-13(19)11-8-20-4-3-17(11)6-10-5-9(7-21-10)12(18)16-14/h5,7,11H,2-4,6,8,14H2,1H3,(H,15,19)(H,16,18). The highest BCUT2D eigenvalue weighted by atomic mass is 16.5. The molecule has 116 valence electrons. The number of ether oxygens (including phenoxy) is 1. The normalized spacial score (nSPS) is 19.2. The van der Waals surface area contributed by atoms with Crippen molar-refractivity contribution in [1.29, 1.82) is 0 Å². The van der Waals surface area contributed by atoms with Crippen molar-refractivity contribution >= 4 is 11.8 Å². The number of rotatable bonds is 5. The lowest BCUT2D eigenvalue weighted by Gasteiger charge is -2.33. The predicted octanol–water partition coefficient (Wildman–Crippen LogP) is -0.780. The molecule has 1 fully saturated rings. The van der Waals surface area contributed by atoms with E-state index >= 15 is 0 Å². The van der Waals surface area contributed by atoms with Crippen molar-refractivity contribution < 1.29 is 18.7 Å². The molecule has 1 aromatic heterocycles. The lowest BCUT2D eigenvalue weighted by Crippen LogP contribution is -2.53. The number of nitrogens with zero attached hydrogens (tertiary/aromatic N) is 1. The Morgan fingerprint density at radius 3 is 3.05 bits per heavy atom. The minimum absolute atomic E-state index is 0.0660. The van der Waals surface area contributed by atoms with Gasteiger partial charge in [0.05, 0.1) is 25.3 Å². The third-order valence-electron chi connectivity index (χ3n) is 3.30. The zero-order valence-electron chi connectivity index (χ0n) is 11.9. The van der Waals surface area contributed by atoms with Crippen molar-refractivity contribution in [2.24, 2.45) is 5.84 Å². The molecule has 0 bridgehead atoms. The molecule has 4 N–H and O–H groups in total. The first kappa shape index (κ1) is 15.5. The molecule has 1 unspecified atom stereocenters. The fourth-order valence-electron chi connectivity index (χ4n) is 2.23. The number of carbonyl (C=O) groups is 2. The lowest BCUT2D eigenvalue weighted by atomic mass is 10.2. The minimum atomic E-state index is -0.410. The van der Waals surface area contributed by atoms with Gasteiger partial charge < -0.3 is 14.5 Å². The molecule has 8 nitrogen and oxygen atoms in total. The molecule has 0 saturated carbocycles. The Kier molecular flexibility index (Phi) is 5.32. The topological polar surface area (TPSA) is 110 Å². The Morgan fingerprint density at radius 2 is 2.33 bits per heavy atom. The Morgan fingerprint density at radius 1 is 1.52 bits per heavy atom. The molecule has 0 spiro atoms. The maximum absolute atomic E-state index is 12.0. The summed E-state index contributed by atoms with van der Waals surface area (Å²) in [4.78, 5) is 25.4. The highest BCUT2D eigenvalue weighted by Gasteiger charge is 2.29. The molecule has 8 heteroatoms. The SMILES string of the molecule is CCNC(=O)C1COCCN1Cc1cc(C(=O)NN)co1. The van der Waals surface area contributed by atoms with Crippen LogP contribution in [-0.2, 0) is 16.1 Å². The van der Waals surface area contributed by atoms with E-state index in [9.17, 15) is 9.59 Å². The number of amides is 2. The van der Waals surface area contributed by atoms with Crippen LogP contribution in [0, 0.1) is 0 Å². The van der Waals surface area contributed by atoms with Gasteiger partial charge in [0.2, 0.25) is 5.91 Å². The van der Waals surface area contributed by atoms with E-state index in [1.807, 2.05) is 17.2 Å². The summed E-state index contributed by atoms with van der Waals surface area (Å²) >= 11 is 0. The predicted molar refractivity (Wildman–Crippen MR) is 74.1 cm³/mol. The molecule has 0 aliphatic carbocycles. The number of hydrazine groups is 1. The average Bonchev–Trinajstić information content (AvgIpc) is 2.96. The summed E-state index contributed by atoms with van der Waals surface area (Å²) in [6.45, 7) is 4.42. The van der Waals surface area contributed by atoms with E-state index in [0.717, 1.165) is 0 Å². The molecule has 2 rings (SSSR count). The number of morpholine rings is 1. The summed E-state index contributed by atoms with van der Waals surface area (Å²) in [5, 5.41) is 2.79. The average molecular weight is 296 g/mol. The number of hydrogen-bond donors (Lipinski definition) is 3. The fraction of sp³-hybridized carbons (Fsp3) is 0.538. The van der Waals surface area contributed by atoms with Gasteiger partial charge in [-0.25, -0.2) is 5.84 Å². The Bertz CT molecular complexity index is 502. The summed E-state index contributed by atoms with van der Waals surface area (Å²) in [5.74, 6) is 5.20. The van der Waals surface area contributed by atoms with Crippen molar-refractivity contribution in [2.45, 2.75) is 19.5 Å². The third kappa shape index (κ3) is 3.81. The van der Waals surface area contributed by atoms with Crippen LogP contribution in [0.25, 0.3) is 0 Å². The Balaban J connectivity index is 2.03. The van der Waals surface area contributed by atoms with Crippen LogP contribution >= 0.6 is 0 Å². The van der Waals surface area contributed by atoms with E-state index in [1.54, 1.807) is 6.07 Å². The number of carbonyl (C=O) groups excluding carboxylic acids is 2. The van der Waals surface area contributed by atoms with E-state index < -0.39 is 5.91 Å². The second-order valence-electron chi connectivity index (χ2n) is 4.73. The van der Waals surface area contributed by atoms with E-state index in [0.29, 0.717) is 44.2 Å². The van der Waals surface area contributed by atoms with Crippen molar-refractivity contribution in [3.8, 4) is 0 Å². The zero-order valence-corrected chi connectivity index (χ0v) is 11.9. The minimum Gasteiger partial charge on any atom is -0.467 e. The number of nitrogens with one attached hydrogen (secondary N) is 2. The van der Waals surface area contributed by atoms with E-state index in [4.69, 9.17) is 15.0 Å². The summed E-state index contributed by atoms with van der Waals surface area (Å²) < 4.78 is 10.7. The number of hydrogen-bond acceptors (Lipinski definition) is 6. The first-order chi connectivity index (χ1) is 10.2. The second-order valence-corrected chi connectivity index (χ2v) is 4.73. The molecule has 1 atom stereocenters. The van der Waals surface area contributed by atoms with Crippen LogP contribution in [0.2, 0.25) is 0 Å². The molecule has 2 amide bonds. The molecule has 1 aliphatic rings.